The number of aliphatic hydroxyl groups excluding tert-OH is 1. The number of halogens is 1. The summed E-state index contributed by atoms with van der Waals surface area (Å²) in [6, 6.07) is 4.48. The van der Waals surface area contributed by atoms with Crippen LogP contribution in [0.2, 0.25) is 0 Å². The third-order valence-electron chi connectivity index (χ3n) is 2.25. The molecule has 2 N–H and O–H groups in total. The Kier molecular flexibility index (Phi) is 5.22. The van der Waals surface area contributed by atoms with Gasteiger partial charge >= 0.3 is 0 Å². The second kappa shape index (κ2) is 6.45. The van der Waals surface area contributed by atoms with Crippen molar-refractivity contribution >= 4 is 0 Å². The molecule has 0 aliphatic rings. The zero-order chi connectivity index (χ0) is 12.0. The van der Waals surface area contributed by atoms with Crippen LogP contribution in [-0.4, -0.2) is 31.4 Å². The lowest BCUT2D eigenvalue weighted by molar-refractivity contribution is 0.191. The van der Waals surface area contributed by atoms with E-state index in [-0.39, 0.29) is 11.9 Å². The highest BCUT2D eigenvalue weighted by Crippen LogP contribution is 2.19. The molecule has 0 aliphatic carbocycles. The molecule has 1 rings (SSSR count). The van der Waals surface area contributed by atoms with E-state index >= 15 is 0 Å². The van der Waals surface area contributed by atoms with Crippen molar-refractivity contribution in [3.63, 3.8) is 0 Å². The van der Waals surface area contributed by atoms with Gasteiger partial charge in [0, 0.05) is 6.54 Å². The third-order valence-corrected chi connectivity index (χ3v) is 2.25. The van der Waals surface area contributed by atoms with Gasteiger partial charge in [-0.25, -0.2) is 4.39 Å². The van der Waals surface area contributed by atoms with Crippen LogP contribution in [-0.2, 0) is 6.42 Å². The van der Waals surface area contributed by atoms with Crippen LogP contribution < -0.4 is 10.1 Å². The Morgan fingerprint density at radius 3 is 2.88 bits per heavy atom. The number of methoxy groups -OCH3 is 1. The number of ether oxygens (including phenoxy) is 1. The highest BCUT2D eigenvalue weighted by Gasteiger charge is 2.04. The maximum absolute atomic E-state index is 13.0. The Morgan fingerprint density at radius 2 is 2.25 bits per heavy atom. The van der Waals surface area contributed by atoms with Crippen LogP contribution in [0, 0.1) is 5.82 Å². The molecule has 0 heterocycles. The highest BCUT2D eigenvalue weighted by atomic mass is 19.1. The molecule has 1 aromatic rings. The number of benzene rings is 1. The first-order chi connectivity index (χ1) is 7.63. The Hall–Kier alpha value is -1.13. The zero-order valence-corrected chi connectivity index (χ0v) is 9.66. The van der Waals surface area contributed by atoms with Gasteiger partial charge in [-0.2, -0.15) is 0 Å². The number of nitrogens with one attached hydrogen (secondary N) is 1. The topological polar surface area (TPSA) is 41.5 Å². The van der Waals surface area contributed by atoms with Crippen molar-refractivity contribution in [3.8, 4) is 5.75 Å². The Labute approximate surface area is 95.2 Å². The summed E-state index contributed by atoms with van der Waals surface area (Å²) in [5.41, 5.74) is 0.834. The smallest absolute Gasteiger partial charge is 0.123 e. The molecule has 0 fully saturated rings. The molecule has 1 atom stereocenters. The van der Waals surface area contributed by atoms with E-state index in [1.54, 1.807) is 20.1 Å². The molecule has 1 unspecified atom stereocenters. The van der Waals surface area contributed by atoms with E-state index in [0.717, 1.165) is 5.56 Å². The van der Waals surface area contributed by atoms with Gasteiger partial charge in [-0.05, 0) is 43.7 Å². The van der Waals surface area contributed by atoms with Crippen LogP contribution in [0.1, 0.15) is 12.5 Å². The van der Waals surface area contributed by atoms with Crippen molar-refractivity contribution in [1.82, 2.24) is 5.32 Å². The lowest BCUT2D eigenvalue weighted by atomic mass is 10.1. The normalized spacial score (nSPS) is 12.5. The van der Waals surface area contributed by atoms with Gasteiger partial charge in [-0.1, -0.05) is 0 Å². The molecule has 4 heteroatoms. The van der Waals surface area contributed by atoms with Crippen molar-refractivity contribution in [1.29, 1.82) is 0 Å². The van der Waals surface area contributed by atoms with Crippen LogP contribution >= 0.6 is 0 Å². The fourth-order valence-electron chi connectivity index (χ4n) is 1.48. The van der Waals surface area contributed by atoms with E-state index in [4.69, 9.17) is 9.84 Å². The monoisotopic (exact) mass is 227 g/mol. The van der Waals surface area contributed by atoms with Gasteiger partial charge in [0.15, 0.2) is 0 Å². The minimum atomic E-state index is -0.366. The van der Waals surface area contributed by atoms with E-state index in [1.165, 1.54) is 12.1 Å². The summed E-state index contributed by atoms with van der Waals surface area (Å²) in [6.45, 7) is 2.94. The molecule has 0 saturated carbocycles. The molecule has 16 heavy (non-hydrogen) atoms. The summed E-state index contributed by atoms with van der Waals surface area (Å²) in [5, 5.41) is 12.1. The first-order valence-corrected chi connectivity index (χ1v) is 5.34. The fraction of sp³-hybridized carbons (Fsp3) is 0.500. The number of aliphatic hydroxyl groups is 1. The maximum Gasteiger partial charge on any atom is 0.123 e. The molecule has 0 spiro atoms. The number of hydrogen-bond acceptors (Lipinski definition) is 3. The molecular weight excluding hydrogens is 209 g/mol. The molecule has 0 saturated heterocycles. The Morgan fingerprint density at radius 1 is 1.50 bits per heavy atom. The number of hydrogen-bond donors (Lipinski definition) is 2. The summed E-state index contributed by atoms with van der Waals surface area (Å²) in [5.74, 6) is 0.437. The fourth-order valence-corrected chi connectivity index (χ4v) is 1.48. The lowest BCUT2D eigenvalue weighted by Crippen LogP contribution is -2.26. The lowest BCUT2D eigenvalue weighted by Gasteiger charge is -2.10. The minimum Gasteiger partial charge on any atom is -0.496 e. The van der Waals surface area contributed by atoms with E-state index < -0.39 is 0 Å². The highest BCUT2D eigenvalue weighted by molar-refractivity contribution is 5.34. The zero-order valence-electron chi connectivity index (χ0n) is 9.66. The van der Waals surface area contributed by atoms with Gasteiger partial charge in [0.25, 0.3) is 0 Å². The van der Waals surface area contributed by atoms with Crippen molar-refractivity contribution < 1.29 is 14.2 Å². The molecule has 0 aliphatic heterocycles. The quantitative estimate of drug-likeness (QED) is 0.721. The first-order valence-electron chi connectivity index (χ1n) is 5.34. The van der Waals surface area contributed by atoms with Crippen molar-refractivity contribution in [2.75, 3.05) is 20.2 Å². The average molecular weight is 227 g/mol. The maximum atomic E-state index is 13.0. The Bertz CT molecular complexity index is 329. The second-order valence-electron chi connectivity index (χ2n) is 3.76. The Balaban J connectivity index is 2.48. The summed E-state index contributed by atoms with van der Waals surface area (Å²) >= 11 is 0. The average Bonchev–Trinajstić information content (AvgIpc) is 2.24. The van der Waals surface area contributed by atoms with Gasteiger partial charge < -0.3 is 15.2 Å². The van der Waals surface area contributed by atoms with Crippen LogP contribution in [0.3, 0.4) is 0 Å². The van der Waals surface area contributed by atoms with Crippen molar-refractivity contribution in [2.45, 2.75) is 19.4 Å². The minimum absolute atomic E-state index is 0.258. The van der Waals surface area contributed by atoms with Crippen LogP contribution in [0.25, 0.3) is 0 Å². The summed E-state index contributed by atoms with van der Waals surface area (Å²) < 4.78 is 18.1. The van der Waals surface area contributed by atoms with Crippen LogP contribution in [0.15, 0.2) is 18.2 Å². The van der Waals surface area contributed by atoms with Crippen LogP contribution in [0.5, 0.6) is 5.75 Å². The van der Waals surface area contributed by atoms with Crippen LogP contribution in [0.4, 0.5) is 4.39 Å². The predicted octanol–water partition coefficient (Wildman–Crippen LogP) is 1.35. The molecule has 0 amide bonds. The number of rotatable bonds is 6. The SMILES string of the molecule is COc1ccc(F)cc1CCNCC(C)O. The van der Waals surface area contributed by atoms with Gasteiger partial charge in [0.05, 0.1) is 13.2 Å². The summed E-state index contributed by atoms with van der Waals surface area (Å²) in [7, 11) is 1.57. The molecule has 3 nitrogen and oxygen atoms in total. The van der Waals surface area contributed by atoms with E-state index in [2.05, 4.69) is 5.32 Å². The van der Waals surface area contributed by atoms with E-state index in [1.807, 2.05) is 0 Å². The predicted molar refractivity (Wildman–Crippen MR) is 61.2 cm³/mol. The van der Waals surface area contributed by atoms with Crippen molar-refractivity contribution in [2.24, 2.45) is 0 Å². The first kappa shape index (κ1) is 12.9. The van der Waals surface area contributed by atoms with Gasteiger partial charge in [0.1, 0.15) is 11.6 Å². The van der Waals surface area contributed by atoms with Crippen molar-refractivity contribution in [3.05, 3.63) is 29.6 Å². The molecule has 0 bridgehead atoms. The summed E-state index contributed by atoms with van der Waals surface area (Å²) in [6.07, 6.45) is 0.308. The molecule has 0 aromatic heterocycles. The third kappa shape index (κ3) is 4.16. The summed E-state index contributed by atoms with van der Waals surface area (Å²) in [4.78, 5) is 0. The largest absolute Gasteiger partial charge is 0.496 e. The molecule has 0 radical (unpaired) electrons. The van der Waals surface area contributed by atoms with Gasteiger partial charge in [-0.15, -0.1) is 0 Å². The standard InChI is InChI=1S/C12H18FNO2/c1-9(15)8-14-6-5-10-7-11(13)3-4-12(10)16-2/h3-4,7,9,14-15H,5-6,8H2,1-2H3. The van der Waals surface area contributed by atoms with Gasteiger partial charge in [-0.3, -0.25) is 0 Å². The van der Waals surface area contributed by atoms with E-state index in [0.29, 0.717) is 25.3 Å². The molecule has 90 valence electrons. The second-order valence-corrected chi connectivity index (χ2v) is 3.76. The van der Waals surface area contributed by atoms with Gasteiger partial charge in [0.2, 0.25) is 0 Å². The van der Waals surface area contributed by atoms with E-state index in [9.17, 15) is 4.39 Å². The molecular formula is C12H18FNO2. The molecule has 1 aromatic carbocycles.